The van der Waals surface area contributed by atoms with Crippen molar-refractivity contribution in [3.05, 3.63) is 42.1 Å². The van der Waals surface area contributed by atoms with E-state index in [1.165, 1.54) is 5.56 Å². The third-order valence-corrected chi connectivity index (χ3v) is 2.56. The SMILES string of the molecule is C#CC(C)NCc1cccc2cccnc12. The van der Waals surface area contributed by atoms with E-state index in [1.807, 2.05) is 25.3 Å². The molecule has 1 N–H and O–H groups in total. The Morgan fingerprint density at radius 2 is 2.19 bits per heavy atom. The second-order valence-corrected chi connectivity index (χ2v) is 3.76. The van der Waals surface area contributed by atoms with Gasteiger partial charge in [-0.05, 0) is 18.6 Å². The summed E-state index contributed by atoms with van der Waals surface area (Å²) in [6, 6.07) is 10.3. The van der Waals surface area contributed by atoms with Crippen molar-refractivity contribution >= 4 is 10.9 Å². The summed E-state index contributed by atoms with van der Waals surface area (Å²) in [5.41, 5.74) is 2.22. The lowest BCUT2D eigenvalue weighted by Crippen LogP contribution is -2.23. The quantitative estimate of drug-likeness (QED) is 0.786. The number of fused-ring (bicyclic) bond motifs is 1. The molecule has 0 aliphatic rings. The van der Waals surface area contributed by atoms with E-state index in [1.54, 1.807) is 0 Å². The van der Waals surface area contributed by atoms with Gasteiger partial charge in [-0.15, -0.1) is 6.42 Å². The number of rotatable bonds is 3. The molecule has 0 aliphatic heterocycles. The fraction of sp³-hybridized carbons (Fsp3) is 0.214. The molecule has 0 spiro atoms. The highest BCUT2D eigenvalue weighted by Crippen LogP contribution is 2.15. The van der Waals surface area contributed by atoms with Gasteiger partial charge in [0.2, 0.25) is 0 Å². The van der Waals surface area contributed by atoms with Gasteiger partial charge in [0.15, 0.2) is 0 Å². The largest absolute Gasteiger partial charge is 0.300 e. The highest BCUT2D eigenvalue weighted by molar-refractivity contribution is 5.81. The van der Waals surface area contributed by atoms with Crippen LogP contribution in [0.3, 0.4) is 0 Å². The summed E-state index contributed by atoms with van der Waals surface area (Å²) < 4.78 is 0. The number of nitrogens with one attached hydrogen (secondary N) is 1. The zero-order chi connectivity index (χ0) is 11.4. The first-order chi connectivity index (χ1) is 7.81. The topological polar surface area (TPSA) is 24.9 Å². The van der Waals surface area contributed by atoms with Crippen LogP contribution in [0.2, 0.25) is 0 Å². The number of hydrogen-bond acceptors (Lipinski definition) is 2. The van der Waals surface area contributed by atoms with Crippen LogP contribution in [0.1, 0.15) is 12.5 Å². The summed E-state index contributed by atoms with van der Waals surface area (Å²) in [4.78, 5) is 4.39. The van der Waals surface area contributed by atoms with E-state index < -0.39 is 0 Å². The highest BCUT2D eigenvalue weighted by atomic mass is 14.9. The van der Waals surface area contributed by atoms with Crippen molar-refractivity contribution in [2.24, 2.45) is 0 Å². The maximum Gasteiger partial charge on any atom is 0.0746 e. The van der Waals surface area contributed by atoms with Gasteiger partial charge in [-0.3, -0.25) is 10.3 Å². The Labute approximate surface area is 95.7 Å². The number of pyridine rings is 1. The lowest BCUT2D eigenvalue weighted by atomic mass is 10.1. The standard InChI is InChI=1S/C14H14N2/c1-3-11(2)16-10-13-7-4-6-12-8-5-9-15-14(12)13/h1,4-9,11,16H,10H2,2H3. The molecule has 0 radical (unpaired) electrons. The predicted molar refractivity (Wildman–Crippen MR) is 66.9 cm³/mol. The van der Waals surface area contributed by atoms with Crippen LogP contribution in [0.5, 0.6) is 0 Å². The van der Waals surface area contributed by atoms with Gasteiger partial charge in [0.1, 0.15) is 0 Å². The zero-order valence-electron chi connectivity index (χ0n) is 9.27. The molecule has 0 fully saturated rings. The molecule has 1 aromatic heterocycles. The summed E-state index contributed by atoms with van der Waals surface area (Å²) >= 11 is 0. The van der Waals surface area contributed by atoms with Crippen molar-refractivity contribution in [3.8, 4) is 12.3 Å². The first-order valence-corrected chi connectivity index (χ1v) is 5.33. The average molecular weight is 210 g/mol. The van der Waals surface area contributed by atoms with E-state index in [0.29, 0.717) is 0 Å². The molecule has 2 rings (SSSR count). The van der Waals surface area contributed by atoms with Crippen molar-refractivity contribution in [2.45, 2.75) is 19.5 Å². The van der Waals surface area contributed by atoms with Gasteiger partial charge in [0, 0.05) is 18.1 Å². The Kier molecular flexibility index (Phi) is 3.19. The molecule has 80 valence electrons. The van der Waals surface area contributed by atoms with Crippen LogP contribution in [0.4, 0.5) is 0 Å². The van der Waals surface area contributed by atoms with Gasteiger partial charge in [0.25, 0.3) is 0 Å². The minimum atomic E-state index is 0.0824. The Balaban J connectivity index is 2.28. The summed E-state index contributed by atoms with van der Waals surface area (Å²) in [7, 11) is 0. The third-order valence-electron chi connectivity index (χ3n) is 2.56. The molecule has 0 amide bonds. The molecule has 1 unspecified atom stereocenters. The number of benzene rings is 1. The van der Waals surface area contributed by atoms with Crippen molar-refractivity contribution in [1.29, 1.82) is 0 Å². The Morgan fingerprint density at radius 1 is 1.38 bits per heavy atom. The van der Waals surface area contributed by atoms with E-state index in [2.05, 4.69) is 34.4 Å². The van der Waals surface area contributed by atoms with Crippen LogP contribution in [-0.2, 0) is 6.54 Å². The van der Waals surface area contributed by atoms with Gasteiger partial charge in [0.05, 0.1) is 11.6 Å². The van der Waals surface area contributed by atoms with E-state index in [-0.39, 0.29) is 6.04 Å². The minimum absolute atomic E-state index is 0.0824. The molecule has 16 heavy (non-hydrogen) atoms. The minimum Gasteiger partial charge on any atom is -0.300 e. The zero-order valence-corrected chi connectivity index (χ0v) is 9.27. The van der Waals surface area contributed by atoms with Crippen LogP contribution >= 0.6 is 0 Å². The molecule has 1 atom stereocenters. The van der Waals surface area contributed by atoms with Crippen molar-refractivity contribution in [1.82, 2.24) is 10.3 Å². The van der Waals surface area contributed by atoms with Gasteiger partial charge in [-0.25, -0.2) is 0 Å². The van der Waals surface area contributed by atoms with E-state index >= 15 is 0 Å². The third kappa shape index (κ3) is 2.21. The summed E-state index contributed by atoms with van der Waals surface area (Å²) in [6.07, 6.45) is 7.14. The summed E-state index contributed by atoms with van der Waals surface area (Å²) in [5.74, 6) is 2.65. The maximum atomic E-state index is 5.32. The molecule has 2 aromatic rings. The second kappa shape index (κ2) is 4.78. The highest BCUT2D eigenvalue weighted by Gasteiger charge is 2.02. The lowest BCUT2D eigenvalue weighted by Gasteiger charge is -2.09. The van der Waals surface area contributed by atoms with Crippen LogP contribution in [0.15, 0.2) is 36.5 Å². The number of nitrogens with zero attached hydrogens (tertiary/aromatic N) is 1. The number of aromatic nitrogens is 1. The predicted octanol–water partition coefficient (Wildman–Crippen LogP) is 2.35. The smallest absolute Gasteiger partial charge is 0.0746 e. The Morgan fingerprint density at radius 3 is 3.00 bits per heavy atom. The first kappa shape index (κ1) is 10.7. The van der Waals surface area contributed by atoms with Crippen molar-refractivity contribution < 1.29 is 0 Å². The van der Waals surface area contributed by atoms with Crippen LogP contribution in [0, 0.1) is 12.3 Å². The molecule has 1 aromatic carbocycles. The molecular formula is C14H14N2. The number of terminal acetylenes is 1. The summed E-state index contributed by atoms with van der Waals surface area (Å²) in [6.45, 7) is 2.72. The number of hydrogen-bond donors (Lipinski definition) is 1. The van der Waals surface area contributed by atoms with E-state index in [0.717, 1.165) is 17.4 Å². The first-order valence-electron chi connectivity index (χ1n) is 5.33. The van der Waals surface area contributed by atoms with E-state index in [4.69, 9.17) is 6.42 Å². The molecule has 2 nitrogen and oxygen atoms in total. The molecule has 0 aliphatic carbocycles. The average Bonchev–Trinajstić information content (AvgIpc) is 2.35. The molecule has 1 heterocycles. The van der Waals surface area contributed by atoms with Crippen molar-refractivity contribution in [3.63, 3.8) is 0 Å². The van der Waals surface area contributed by atoms with Gasteiger partial charge < -0.3 is 0 Å². The fourth-order valence-corrected chi connectivity index (χ4v) is 1.63. The van der Waals surface area contributed by atoms with Crippen LogP contribution < -0.4 is 5.32 Å². The maximum absolute atomic E-state index is 5.32. The van der Waals surface area contributed by atoms with Gasteiger partial charge >= 0.3 is 0 Å². The normalized spacial score (nSPS) is 12.2. The Bertz CT molecular complexity index is 520. The molecule has 2 heteroatoms. The van der Waals surface area contributed by atoms with Crippen LogP contribution in [0.25, 0.3) is 10.9 Å². The lowest BCUT2D eigenvalue weighted by molar-refractivity contribution is 0.650. The molecular weight excluding hydrogens is 196 g/mol. The molecule has 0 bridgehead atoms. The molecule has 0 saturated heterocycles. The van der Waals surface area contributed by atoms with Gasteiger partial charge in [-0.2, -0.15) is 0 Å². The van der Waals surface area contributed by atoms with E-state index in [9.17, 15) is 0 Å². The number of para-hydroxylation sites is 1. The Hall–Kier alpha value is -1.85. The second-order valence-electron chi connectivity index (χ2n) is 3.76. The van der Waals surface area contributed by atoms with Crippen molar-refractivity contribution in [2.75, 3.05) is 0 Å². The van der Waals surface area contributed by atoms with Crippen LogP contribution in [-0.4, -0.2) is 11.0 Å². The summed E-state index contributed by atoms with van der Waals surface area (Å²) in [5, 5.41) is 4.43. The fourth-order valence-electron chi connectivity index (χ4n) is 1.63. The monoisotopic (exact) mass is 210 g/mol. The molecule has 0 saturated carbocycles. The van der Waals surface area contributed by atoms with Gasteiger partial charge in [-0.1, -0.05) is 30.2 Å².